The summed E-state index contributed by atoms with van der Waals surface area (Å²) in [5, 5.41) is 37.0. The van der Waals surface area contributed by atoms with Crippen LogP contribution in [0.4, 0.5) is 34.1 Å². The van der Waals surface area contributed by atoms with E-state index in [1.165, 1.54) is 89.5 Å². The van der Waals surface area contributed by atoms with Crippen molar-refractivity contribution >= 4 is 67.6 Å². The summed E-state index contributed by atoms with van der Waals surface area (Å²) < 4.78 is 128. The Morgan fingerprint density at radius 1 is 0.552 bits per heavy atom. The Kier molecular flexibility index (Phi) is 34.1. The number of aliphatic hydroxyl groups is 1. The minimum Gasteiger partial charge on any atom is -0.460 e. The van der Waals surface area contributed by atoms with Gasteiger partial charge in [0, 0.05) is 41.7 Å². The number of esters is 3. The van der Waals surface area contributed by atoms with Gasteiger partial charge in [0.25, 0.3) is 21.5 Å². The van der Waals surface area contributed by atoms with E-state index in [2.05, 4.69) is 33.8 Å². The lowest BCUT2D eigenvalue weighted by Gasteiger charge is -2.50. The van der Waals surface area contributed by atoms with Crippen LogP contribution in [0.3, 0.4) is 0 Å². The lowest BCUT2D eigenvalue weighted by molar-refractivity contribution is -0.385. The van der Waals surface area contributed by atoms with Crippen LogP contribution < -0.4 is 35.1 Å². The molecule has 33 heteroatoms. The number of ether oxygens (including phenoxy) is 7. The van der Waals surface area contributed by atoms with Crippen molar-refractivity contribution in [3.63, 3.8) is 0 Å². The monoisotopic (exact) mass is 1780 g/mol. The van der Waals surface area contributed by atoms with Crippen LogP contribution in [0.2, 0.25) is 0 Å². The number of amides is 1. The largest absolute Gasteiger partial charge is 0.519 e. The minimum atomic E-state index is -5.07. The standard InChI is InChI=1S/C33H46F3NO5.C32H30N2O10.C13H19NO3.C7H9NO2S.C7H8O3S/c1-18(2)15-20(5)29(38)41-22-8-10-23-21(17-22)7-9-25-24(23)13-14-32(6)26(25)11-12-28(32)42-30(39)27(16-19(3)4)37-31(40)33(34,35)36;1-32-17-16-26-25-13-11-24(43-30(35)41-22-7-3-20(4-8-22)33(37)38)18-19(25)2-12-27(26)28(32)14-15-29(32)44-31(36)42-23-9-5-21(6-10-23)34(39)40;14-12(8-4-5-9-15)13(16)17-10-11-6-2-1-3-7-11;2*1-6-2-4-7(5-3-6)11(8,9)10/h8,10,17-20,24-28H,7,9,11-16H2,1-6H3,(H,37,40);3-11,13,18,26-29H,2,12,14-17H2,1H3;1-3,6-7,12,15H,4-5,8-10,14H2;2-5H,1H3,(H2,8,9,10);2-5H,1H3,(H,8,9,10)/t20-,24?,25?,26?,27+,28-,32-;26?,27?,28?,29-,32-;12-;;/m000../s1. The highest BCUT2D eigenvalue weighted by Crippen LogP contribution is 2.63. The number of unbranched alkanes of at least 4 members (excludes halogenated alkanes) is 1. The summed E-state index contributed by atoms with van der Waals surface area (Å²) in [6.07, 6.45) is 5.79. The number of nitrogens with zero attached hydrogens (tertiary/aromatic N) is 2. The molecule has 7 N–H and O–H groups in total. The summed E-state index contributed by atoms with van der Waals surface area (Å²) in [5.74, 6) is 0.220. The van der Waals surface area contributed by atoms with Crippen molar-refractivity contribution in [3.8, 4) is 23.0 Å². The summed E-state index contributed by atoms with van der Waals surface area (Å²) >= 11 is 0. The van der Waals surface area contributed by atoms with Crippen LogP contribution in [-0.4, -0.2) is 110 Å². The molecule has 13 atom stereocenters. The molecule has 0 radical (unpaired) electrons. The normalized spacial score (nSPS) is 22.0. The van der Waals surface area contributed by atoms with Crippen molar-refractivity contribution in [2.75, 3.05) is 6.61 Å². The van der Waals surface area contributed by atoms with Gasteiger partial charge in [-0.05, 0) is 271 Å². The van der Waals surface area contributed by atoms with Gasteiger partial charge in [-0.2, -0.15) is 21.6 Å². The Bertz CT molecular complexity index is 5050. The number of hydrogen-bond acceptors (Lipinski definition) is 23. The second-order valence-corrected chi connectivity index (χ2v) is 37.3. The highest BCUT2D eigenvalue weighted by atomic mass is 32.2. The molecule has 6 aliphatic rings. The molecular formula is C92H112F3N5O23S2. The number of hydrogen-bond donors (Lipinski definition) is 5. The maximum absolute atomic E-state index is 13.1. The molecule has 4 fully saturated rings. The van der Waals surface area contributed by atoms with Crippen LogP contribution in [0.5, 0.6) is 23.0 Å². The predicted molar refractivity (Wildman–Crippen MR) is 456 cm³/mol. The highest BCUT2D eigenvalue weighted by molar-refractivity contribution is 7.89. The summed E-state index contributed by atoms with van der Waals surface area (Å²) in [7, 11) is -7.54. The number of nitro benzene ring substituents is 2. The minimum absolute atomic E-state index is 0.0666. The van der Waals surface area contributed by atoms with Crippen molar-refractivity contribution in [1.82, 2.24) is 5.32 Å². The van der Waals surface area contributed by atoms with E-state index in [9.17, 15) is 79.0 Å². The first-order valence-electron chi connectivity index (χ1n) is 42.0. The highest BCUT2D eigenvalue weighted by Gasteiger charge is 2.58. The zero-order valence-corrected chi connectivity index (χ0v) is 73.1. The molecule has 676 valence electrons. The van der Waals surface area contributed by atoms with E-state index >= 15 is 0 Å². The van der Waals surface area contributed by atoms with E-state index in [1.54, 1.807) is 44.2 Å². The Labute approximate surface area is 726 Å². The first-order chi connectivity index (χ1) is 58.9. The van der Waals surface area contributed by atoms with Crippen LogP contribution in [0.25, 0.3) is 0 Å². The molecule has 125 heavy (non-hydrogen) atoms. The molecule has 6 aliphatic carbocycles. The van der Waals surface area contributed by atoms with Gasteiger partial charge >= 0.3 is 42.3 Å². The van der Waals surface area contributed by atoms with Gasteiger partial charge < -0.3 is 49.3 Å². The fourth-order valence-corrected chi connectivity index (χ4v) is 19.3. The van der Waals surface area contributed by atoms with E-state index in [4.69, 9.17) is 53.7 Å². The van der Waals surface area contributed by atoms with E-state index in [0.717, 1.165) is 106 Å². The number of halogens is 3. The van der Waals surface area contributed by atoms with E-state index in [-0.39, 0.29) is 93.0 Å². The van der Waals surface area contributed by atoms with Crippen LogP contribution >= 0.6 is 0 Å². The van der Waals surface area contributed by atoms with Crippen molar-refractivity contribution in [2.24, 2.45) is 63.1 Å². The second kappa shape index (κ2) is 43.5. The van der Waals surface area contributed by atoms with Crippen molar-refractivity contribution < 1.29 is 111 Å². The molecular weight excluding hydrogens is 1660 g/mol. The second-order valence-electron chi connectivity index (χ2n) is 34.3. The fraction of sp³-hybridized carbons (Fsp3) is 0.478. The van der Waals surface area contributed by atoms with Crippen molar-refractivity contribution in [3.05, 3.63) is 223 Å². The Morgan fingerprint density at radius 2 is 1.00 bits per heavy atom. The Balaban J connectivity index is 0.000000199. The number of non-ortho nitro benzene ring substituents is 2. The molecule has 6 unspecified atom stereocenters. The average molecular weight is 1780 g/mol. The van der Waals surface area contributed by atoms with Gasteiger partial charge in [0.05, 0.1) is 25.6 Å². The Hall–Kier alpha value is -10.7. The first-order valence-corrected chi connectivity index (χ1v) is 45.0. The number of rotatable bonds is 24. The SMILES string of the molecule is CC(C)C[C@H](C)C(=O)Oc1ccc2c(c1)CCC1C2CC[C@@]2(C)C1CC[C@@H]2OC(=O)[C@@H](CC(C)C)NC(=O)C(F)(F)F.C[C@]12CCC3c4ccc(OC(=O)Oc5ccc([N+](=O)[O-])cc5)cc4CCC3C1CC[C@@H]2OC(=O)Oc1ccc([N+](=O)[O-])cc1.Cc1ccc(S(=O)(=O)O)cc1.Cc1ccc(S(N)(=O)=O)cc1.N[C@@H](CCCCO)C(=O)OCc1ccccc1. The molecule has 0 spiro atoms. The molecule has 0 bridgehead atoms. The number of nitrogens with one attached hydrogen (secondary N) is 1. The van der Waals surface area contributed by atoms with Gasteiger partial charge in [-0.25, -0.2) is 27.9 Å². The molecule has 7 aromatic carbocycles. The predicted octanol–water partition coefficient (Wildman–Crippen LogP) is 17.8. The van der Waals surface area contributed by atoms with E-state index < -0.39 is 78.5 Å². The number of primary sulfonamides is 1. The smallest absolute Gasteiger partial charge is 0.460 e. The zero-order chi connectivity index (χ0) is 91.5. The van der Waals surface area contributed by atoms with Crippen LogP contribution in [0, 0.1) is 86.3 Å². The van der Waals surface area contributed by atoms with Crippen LogP contribution in [-0.2, 0) is 73.0 Å². The number of nitro groups is 2. The summed E-state index contributed by atoms with van der Waals surface area (Å²) in [4.78, 5) is 94.6. The molecule has 4 saturated carbocycles. The molecule has 0 heterocycles. The number of nitrogens with two attached hydrogens (primary N) is 2. The van der Waals surface area contributed by atoms with Gasteiger partial charge in [0.1, 0.15) is 53.9 Å². The quantitative estimate of drug-likeness (QED) is 0.00548. The topological polar surface area (TPSA) is 426 Å². The van der Waals surface area contributed by atoms with E-state index in [1.807, 2.05) is 80.7 Å². The maximum Gasteiger partial charge on any atom is 0.519 e. The van der Waals surface area contributed by atoms with Gasteiger partial charge in [-0.1, -0.05) is 126 Å². The number of carbonyl (C=O) groups is 6. The molecule has 0 saturated heterocycles. The first kappa shape index (κ1) is 98.1. The number of benzene rings is 7. The van der Waals surface area contributed by atoms with Gasteiger partial charge in [-0.15, -0.1) is 0 Å². The third-order valence-corrected chi connectivity index (χ3v) is 26.3. The summed E-state index contributed by atoms with van der Waals surface area (Å²) in [5.41, 5.74) is 12.8. The summed E-state index contributed by atoms with van der Waals surface area (Å²) in [6, 6.07) is 42.1. The molecule has 0 aromatic heterocycles. The number of fused-ring (bicyclic) bond motifs is 10. The lowest BCUT2D eigenvalue weighted by atomic mass is 9.55. The molecule has 0 aliphatic heterocycles. The number of sulfonamides is 1. The fourth-order valence-electron chi connectivity index (χ4n) is 18.3. The van der Waals surface area contributed by atoms with Crippen LogP contribution in [0.1, 0.15) is 196 Å². The third kappa shape index (κ3) is 27.2. The average Bonchev–Trinajstić information content (AvgIpc) is 1.64. The van der Waals surface area contributed by atoms with Crippen LogP contribution in [0.15, 0.2) is 174 Å². The van der Waals surface area contributed by atoms with Gasteiger partial charge in [0.2, 0.25) is 10.0 Å². The lowest BCUT2D eigenvalue weighted by Crippen LogP contribution is -2.50. The number of aliphatic hydroxyl groups excluding tert-OH is 1. The number of aryl methyl sites for hydroxylation is 4. The van der Waals surface area contributed by atoms with Gasteiger partial charge in [0.15, 0.2) is 0 Å². The summed E-state index contributed by atoms with van der Waals surface area (Å²) in [6.45, 7) is 18.1. The van der Waals surface area contributed by atoms with Crippen molar-refractivity contribution in [1.29, 1.82) is 0 Å². The maximum atomic E-state index is 13.1. The third-order valence-electron chi connectivity index (χ3n) is 24.5. The zero-order valence-electron chi connectivity index (χ0n) is 71.5. The van der Waals surface area contributed by atoms with E-state index in [0.29, 0.717) is 72.2 Å². The Morgan fingerprint density at radius 3 is 1.45 bits per heavy atom. The van der Waals surface area contributed by atoms with Gasteiger partial charge in [-0.3, -0.25) is 39.2 Å². The number of carbonyl (C=O) groups excluding carboxylic acids is 6. The molecule has 13 rings (SSSR count). The molecule has 7 aromatic rings. The number of alkyl halides is 3. The molecule has 1 amide bonds. The molecule has 28 nitrogen and oxygen atoms in total. The van der Waals surface area contributed by atoms with Crippen molar-refractivity contribution in [2.45, 2.75) is 230 Å².